The normalized spacial score (nSPS) is 11.2. The van der Waals surface area contributed by atoms with Gasteiger partial charge in [-0.1, -0.05) is 11.3 Å². The number of nitrogens with two attached hydrogens (primary N) is 1. The van der Waals surface area contributed by atoms with Crippen LogP contribution in [0.25, 0.3) is 9.53 Å². The zero-order valence-corrected chi connectivity index (χ0v) is 11.3. The highest BCUT2D eigenvalue weighted by atomic mass is 35.5. The maximum Gasteiger partial charge on any atom is 0.245 e. The molecule has 2 heterocycles. The minimum Gasteiger partial charge on any atom is -0.318 e. The summed E-state index contributed by atoms with van der Waals surface area (Å²) in [5.41, 5.74) is 5.71. The third-order valence-electron chi connectivity index (χ3n) is 1.83. The fourth-order valence-corrected chi connectivity index (χ4v) is 2.81. The fourth-order valence-electron chi connectivity index (χ4n) is 0.980. The van der Waals surface area contributed by atoms with Gasteiger partial charge in [0.1, 0.15) is 4.01 Å². The Morgan fingerprint density at radius 2 is 2.25 bits per heavy atom. The number of thiazole rings is 1. The predicted molar refractivity (Wildman–Crippen MR) is 71.6 cm³/mol. The van der Waals surface area contributed by atoms with Crippen LogP contribution in [0.15, 0.2) is 11.4 Å². The Balaban J connectivity index is 0.00000128. The molecule has 88 valence electrons. The standard InChI is InChI=1S/C9H11N3OS2.ClH/c1-9(2,10)7(13)12-8-11-5-3-4-14-6(5)15-8;/h3-4H,10H2,1-2H3,(H,11,12,13);1H. The molecular weight excluding hydrogens is 266 g/mol. The highest BCUT2D eigenvalue weighted by Gasteiger charge is 2.22. The highest BCUT2D eigenvalue weighted by Crippen LogP contribution is 2.30. The third-order valence-corrected chi connectivity index (χ3v) is 3.84. The number of rotatable bonds is 2. The number of amides is 1. The van der Waals surface area contributed by atoms with Crippen LogP contribution >= 0.6 is 35.1 Å². The van der Waals surface area contributed by atoms with Crippen LogP contribution in [-0.4, -0.2) is 16.4 Å². The topological polar surface area (TPSA) is 68.0 Å². The van der Waals surface area contributed by atoms with E-state index in [9.17, 15) is 4.79 Å². The van der Waals surface area contributed by atoms with E-state index in [1.807, 2.05) is 11.4 Å². The van der Waals surface area contributed by atoms with Gasteiger partial charge in [-0.15, -0.1) is 23.7 Å². The van der Waals surface area contributed by atoms with Gasteiger partial charge < -0.3 is 11.1 Å². The van der Waals surface area contributed by atoms with Crippen molar-refractivity contribution < 1.29 is 4.79 Å². The monoisotopic (exact) mass is 277 g/mol. The Labute approximate surface area is 107 Å². The molecule has 3 N–H and O–H groups in total. The van der Waals surface area contributed by atoms with Crippen LogP contribution < -0.4 is 11.1 Å². The summed E-state index contributed by atoms with van der Waals surface area (Å²) in [5, 5.41) is 5.30. The molecule has 4 nitrogen and oxygen atoms in total. The Morgan fingerprint density at radius 1 is 1.56 bits per heavy atom. The van der Waals surface area contributed by atoms with Gasteiger partial charge in [-0.25, -0.2) is 4.98 Å². The number of anilines is 1. The van der Waals surface area contributed by atoms with E-state index >= 15 is 0 Å². The fraction of sp³-hybridized carbons (Fsp3) is 0.333. The Bertz CT molecular complexity index is 472. The number of carbonyl (C=O) groups excluding carboxylic acids is 1. The first-order valence-electron chi connectivity index (χ1n) is 4.41. The molecule has 0 aliphatic rings. The summed E-state index contributed by atoms with van der Waals surface area (Å²) >= 11 is 3.08. The van der Waals surface area contributed by atoms with Crippen LogP contribution in [-0.2, 0) is 4.79 Å². The van der Waals surface area contributed by atoms with Gasteiger partial charge in [0, 0.05) is 0 Å². The first kappa shape index (κ1) is 13.4. The van der Waals surface area contributed by atoms with E-state index in [0.29, 0.717) is 5.13 Å². The van der Waals surface area contributed by atoms with Crippen molar-refractivity contribution in [2.75, 3.05) is 5.32 Å². The van der Waals surface area contributed by atoms with E-state index in [0.717, 1.165) is 9.53 Å². The molecule has 0 fully saturated rings. The van der Waals surface area contributed by atoms with Crippen molar-refractivity contribution >= 4 is 55.6 Å². The quantitative estimate of drug-likeness (QED) is 0.886. The number of carbonyl (C=O) groups is 1. The summed E-state index contributed by atoms with van der Waals surface area (Å²) in [4.78, 5) is 15.8. The Kier molecular flexibility index (Phi) is 3.90. The summed E-state index contributed by atoms with van der Waals surface area (Å²) in [6.45, 7) is 3.33. The Hall–Kier alpha value is -0.690. The molecule has 0 spiro atoms. The number of hydrogen-bond donors (Lipinski definition) is 2. The minimum absolute atomic E-state index is 0. The number of hydrogen-bond acceptors (Lipinski definition) is 5. The van der Waals surface area contributed by atoms with Gasteiger partial charge in [-0.2, -0.15) is 0 Å². The largest absolute Gasteiger partial charge is 0.318 e. The van der Waals surface area contributed by atoms with Crippen molar-refractivity contribution in [3.8, 4) is 0 Å². The molecule has 16 heavy (non-hydrogen) atoms. The van der Waals surface area contributed by atoms with E-state index in [4.69, 9.17) is 5.73 Å². The van der Waals surface area contributed by atoms with Crippen molar-refractivity contribution in [3.63, 3.8) is 0 Å². The molecule has 2 aromatic rings. The summed E-state index contributed by atoms with van der Waals surface area (Å²) in [7, 11) is 0. The average Bonchev–Trinajstić information content (AvgIpc) is 2.61. The molecule has 0 saturated carbocycles. The van der Waals surface area contributed by atoms with E-state index in [1.165, 1.54) is 11.3 Å². The lowest BCUT2D eigenvalue weighted by atomic mass is 10.1. The van der Waals surface area contributed by atoms with Crippen molar-refractivity contribution in [1.82, 2.24) is 4.98 Å². The number of nitrogens with zero attached hydrogens (tertiary/aromatic N) is 1. The molecule has 0 atom stereocenters. The first-order chi connectivity index (χ1) is 6.97. The molecule has 7 heteroatoms. The lowest BCUT2D eigenvalue weighted by molar-refractivity contribution is -0.120. The van der Waals surface area contributed by atoms with Crippen LogP contribution in [0.2, 0.25) is 0 Å². The summed E-state index contributed by atoms with van der Waals surface area (Å²) < 4.78 is 1.11. The molecule has 0 aliphatic carbocycles. The van der Waals surface area contributed by atoms with Gasteiger partial charge in [0.05, 0.1) is 11.1 Å². The van der Waals surface area contributed by atoms with Gasteiger partial charge in [0.2, 0.25) is 5.91 Å². The molecule has 0 radical (unpaired) electrons. The molecule has 0 unspecified atom stereocenters. The van der Waals surface area contributed by atoms with Gasteiger partial charge in [0.15, 0.2) is 5.13 Å². The minimum atomic E-state index is -0.876. The van der Waals surface area contributed by atoms with Crippen LogP contribution in [0.1, 0.15) is 13.8 Å². The third kappa shape index (κ3) is 2.70. The lowest BCUT2D eigenvalue weighted by Crippen LogP contribution is -2.45. The van der Waals surface area contributed by atoms with Crippen LogP contribution in [0.5, 0.6) is 0 Å². The summed E-state index contributed by atoms with van der Waals surface area (Å²) in [5.74, 6) is -0.219. The van der Waals surface area contributed by atoms with Crippen LogP contribution in [0, 0.1) is 0 Å². The van der Waals surface area contributed by atoms with E-state index in [-0.39, 0.29) is 18.3 Å². The molecule has 0 aromatic carbocycles. The van der Waals surface area contributed by atoms with E-state index in [2.05, 4.69) is 10.3 Å². The first-order valence-corrected chi connectivity index (χ1v) is 6.11. The van der Waals surface area contributed by atoms with Crippen molar-refractivity contribution in [2.24, 2.45) is 5.73 Å². The van der Waals surface area contributed by atoms with Gasteiger partial charge >= 0.3 is 0 Å². The SMILES string of the molecule is CC(C)(N)C(=O)Nc1nc2ccsc2s1.Cl. The summed E-state index contributed by atoms with van der Waals surface area (Å²) in [6, 6.07) is 1.93. The number of halogens is 1. The lowest BCUT2D eigenvalue weighted by Gasteiger charge is -2.15. The maximum absolute atomic E-state index is 11.6. The second-order valence-corrected chi connectivity index (χ2v) is 5.96. The zero-order chi connectivity index (χ0) is 11.1. The highest BCUT2D eigenvalue weighted by molar-refractivity contribution is 7.39. The molecular formula is C9H12ClN3OS2. The van der Waals surface area contributed by atoms with Gasteiger partial charge in [-0.05, 0) is 25.3 Å². The predicted octanol–water partition coefficient (Wildman–Crippen LogP) is 2.46. The summed E-state index contributed by atoms with van der Waals surface area (Å²) in [6.07, 6.45) is 0. The molecule has 1 amide bonds. The second-order valence-electron chi connectivity index (χ2n) is 3.79. The number of aromatic nitrogens is 1. The molecule has 2 aromatic heterocycles. The number of nitrogens with one attached hydrogen (secondary N) is 1. The van der Waals surface area contributed by atoms with Crippen LogP contribution in [0.4, 0.5) is 5.13 Å². The van der Waals surface area contributed by atoms with Gasteiger partial charge in [-0.3, -0.25) is 4.79 Å². The maximum atomic E-state index is 11.6. The molecule has 2 rings (SSSR count). The number of thiophene rings is 1. The average molecular weight is 278 g/mol. The van der Waals surface area contributed by atoms with Crippen LogP contribution in [0.3, 0.4) is 0 Å². The molecule has 0 aliphatic heterocycles. The second kappa shape index (κ2) is 4.67. The van der Waals surface area contributed by atoms with Crippen molar-refractivity contribution in [2.45, 2.75) is 19.4 Å². The Morgan fingerprint density at radius 3 is 2.81 bits per heavy atom. The van der Waals surface area contributed by atoms with Crippen molar-refractivity contribution in [1.29, 1.82) is 0 Å². The smallest absolute Gasteiger partial charge is 0.245 e. The van der Waals surface area contributed by atoms with Crippen molar-refractivity contribution in [3.05, 3.63) is 11.4 Å². The zero-order valence-electron chi connectivity index (χ0n) is 8.81. The van der Waals surface area contributed by atoms with E-state index in [1.54, 1.807) is 25.2 Å². The van der Waals surface area contributed by atoms with E-state index < -0.39 is 5.54 Å². The van der Waals surface area contributed by atoms with Gasteiger partial charge in [0.25, 0.3) is 0 Å². The number of fused-ring (bicyclic) bond motifs is 1. The molecule has 0 saturated heterocycles. The molecule has 0 bridgehead atoms.